The van der Waals surface area contributed by atoms with Crippen molar-refractivity contribution in [3.63, 3.8) is 0 Å². The third kappa shape index (κ3) is 6.33. The lowest BCUT2D eigenvalue weighted by Gasteiger charge is -2.24. The predicted molar refractivity (Wildman–Crippen MR) is 145 cm³/mol. The van der Waals surface area contributed by atoms with Crippen LogP contribution in [-0.4, -0.2) is 48.6 Å². The number of carbonyl (C=O) groups is 2. The van der Waals surface area contributed by atoms with E-state index in [4.69, 9.17) is 21.7 Å². The maximum atomic E-state index is 13.6. The van der Waals surface area contributed by atoms with E-state index < -0.39 is 35.4 Å². The van der Waals surface area contributed by atoms with Crippen molar-refractivity contribution in [2.24, 2.45) is 0 Å². The van der Waals surface area contributed by atoms with Crippen molar-refractivity contribution >= 4 is 40.5 Å². The van der Waals surface area contributed by atoms with Crippen LogP contribution in [0.3, 0.4) is 0 Å². The van der Waals surface area contributed by atoms with E-state index in [0.717, 1.165) is 22.6 Å². The molecule has 3 aromatic rings. The molecular weight excluding hydrogens is 550 g/mol. The number of methoxy groups -OCH3 is 2. The minimum atomic E-state index is -4.62. The molecule has 0 bridgehead atoms. The van der Waals surface area contributed by atoms with Crippen LogP contribution in [-0.2, 0) is 22.2 Å². The van der Waals surface area contributed by atoms with Crippen molar-refractivity contribution in [1.29, 1.82) is 0 Å². The summed E-state index contributed by atoms with van der Waals surface area (Å²) in [5, 5.41) is 2.59. The number of hydrogen-bond acceptors (Lipinski definition) is 5. The minimum Gasteiger partial charge on any atom is -0.493 e. The second-order valence-corrected chi connectivity index (χ2v) is 9.28. The predicted octanol–water partition coefficient (Wildman–Crippen LogP) is 5.44. The Hall–Kier alpha value is -4.19. The molecule has 1 aliphatic rings. The first-order chi connectivity index (χ1) is 19.0. The van der Waals surface area contributed by atoms with Crippen LogP contribution in [0, 0.1) is 5.82 Å². The van der Waals surface area contributed by atoms with E-state index in [1.807, 2.05) is 6.07 Å². The molecule has 4 rings (SSSR count). The lowest BCUT2D eigenvalue weighted by atomic mass is 10.1. The van der Waals surface area contributed by atoms with Crippen LogP contribution in [0.1, 0.15) is 17.5 Å². The Morgan fingerprint density at radius 1 is 1.00 bits per heavy atom. The van der Waals surface area contributed by atoms with Crippen LogP contribution >= 0.6 is 12.2 Å². The minimum absolute atomic E-state index is 0.0237. The van der Waals surface area contributed by atoms with Crippen molar-refractivity contribution in [2.45, 2.75) is 25.1 Å². The summed E-state index contributed by atoms with van der Waals surface area (Å²) in [6.07, 6.45) is -4.58. The number of halogens is 4. The molecule has 1 fully saturated rings. The van der Waals surface area contributed by atoms with E-state index in [2.05, 4.69) is 5.32 Å². The van der Waals surface area contributed by atoms with Gasteiger partial charge in [0.25, 0.3) is 5.91 Å². The molecular formula is C28H25F4N3O4S. The molecule has 0 spiro atoms. The summed E-state index contributed by atoms with van der Waals surface area (Å²) in [6.45, 7) is 0.185. The Bertz CT molecular complexity index is 1420. The number of alkyl halides is 3. The lowest BCUT2D eigenvalue weighted by molar-refractivity contribution is -0.137. The first-order valence-corrected chi connectivity index (χ1v) is 12.5. The van der Waals surface area contributed by atoms with Crippen molar-refractivity contribution < 1.29 is 36.6 Å². The van der Waals surface area contributed by atoms with Gasteiger partial charge in [0.1, 0.15) is 11.9 Å². The topological polar surface area (TPSA) is 71.1 Å². The monoisotopic (exact) mass is 575 g/mol. The number of anilines is 2. The Morgan fingerprint density at radius 3 is 2.35 bits per heavy atom. The zero-order valence-corrected chi connectivity index (χ0v) is 22.3. The van der Waals surface area contributed by atoms with Gasteiger partial charge < -0.3 is 19.7 Å². The SMILES string of the molecule is COc1ccc(CCN2C(=S)N(c3cccc(C(F)(F)F)c3)C(=O)[C@H]2CC(=O)Nc2ccc(F)cc2)cc1OC. The van der Waals surface area contributed by atoms with Crippen molar-refractivity contribution in [3.05, 3.63) is 83.7 Å². The first kappa shape index (κ1) is 28.8. The van der Waals surface area contributed by atoms with Gasteiger partial charge in [-0.25, -0.2) is 4.39 Å². The maximum absolute atomic E-state index is 13.6. The molecule has 0 aliphatic carbocycles. The van der Waals surface area contributed by atoms with Gasteiger partial charge in [-0.1, -0.05) is 12.1 Å². The molecule has 40 heavy (non-hydrogen) atoms. The third-order valence-corrected chi connectivity index (χ3v) is 6.76. The van der Waals surface area contributed by atoms with E-state index in [9.17, 15) is 27.2 Å². The number of rotatable bonds is 9. The highest BCUT2D eigenvalue weighted by Gasteiger charge is 2.44. The molecule has 1 N–H and O–H groups in total. The van der Waals surface area contributed by atoms with Crippen molar-refractivity contribution in [2.75, 3.05) is 31.0 Å². The number of ether oxygens (including phenoxy) is 2. The molecule has 0 saturated carbocycles. The number of nitrogens with one attached hydrogen (secondary N) is 1. The Morgan fingerprint density at radius 2 is 1.70 bits per heavy atom. The number of amides is 2. The van der Waals surface area contributed by atoms with E-state index >= 15 is 0 Å². The molecule has 0 aromatic heterocycles. The summed E-state index contributed by atoms with van der Waals surface area (Å²) in [7, 11) is 3.01. The summed E-state index contributed by atoms with van der Waals surface area (Å²) < 4.78 is 64.0. The van der Waals surface area contributed by atoms with Gasteiger partial charge in [-0.05, 0) is 78.8 Å². The van der Waals surface area contributed by atoms with Gasteiger partial charge in [0, 0.05) is 12.2 Å². The third-order valence-electron chi connectivity index (χ3n) is 6.35. The molecule has 210 valence electrons. The van der Waals surface area contributed by atoms with Gasteiger partial charge in [0.2, 0.25) is 5.91 Å². The van der Waals surface area contributed by atoms with Crippen molar-refractivity contribution in [3.8, 4) is 11.5 Å². The molecule has 1 aliphatic heterocycles. The molecule has 1 atom stereocenters. The Labute approximate surface area is 233 Å². The van der Waals surface area contributed by atoms with Crippen LogP contribution in [0.2, 0.25) is 0 Å². The van der Waals surface area contributed by atoms with Gasteiger partial charge in [-0.2, -0.15) is 13.2 Å². The molecule has 1 saturated heterocycles. The van der Waals surface area contributed by atoms with Crippen LogP contribution < -0.4 is 19.7 Å². The summed E-state index contributed by atoms with van der Waals surface area (Å²) in [6, 6.07) is 13.6. The summed E-state index contributed by atoms with van der Waals surface area (Å²) >= 11 is 5.57. The smallest absolute Gasteiger partial charge is 0.416 e. The standard InChI is InChI=1S/C28H25F4N3O4S/c1-38-23-11-6-17(14-24(23)39-2)12-13-34-22(16-25(36)33-20-9-7-19(29)8-10-20)26(37)35(27(34)40)21-5-3-4-18(15-21)28(30,31)32/h3-11,14-15,22H,12-13,16H2,1-2H3,(H,33,36)/t22-/m1/s1. The normalized spacial score (nSPS) is 15.4. The quantitative estimate of drug-likeness (QED) is 0.271. The number of nitrogens with zero attached hydrogens (tertiary/aromatic N) is 2. The van der Waals surface area contributed by atoms with E-state index in [-0.39, 0.29) is 23.8 Å². The molecule has 2 amide bonds. The average Bonchev–Trinajstić information content (AvgIpc) is 3.16. The summed E-state index contributed by atoms with van der Waals surface area (Å²) in [4.78, 5) is 29.0. The fraction of sp³-hybridized carbons (Fsp3) is 0.250. The van der Waals surface area contributed by atoms with Gasteiger partial charge >= 0.3 is 6.18 Å². The van der Waals surface area contributed by atoms with Gasteiger partial charge in [-0.15, -0.1) is 0 Å². The Kier molecular flexibility index (Phi) is 8.58. The van der Waals surface area contributed by atoms with Crippen molar-refractivity contribution in [1.82, 2.24) is 4.90 Å². The van der Waals surface area contributed by atoms with Crippen LogP contribution in [0.15, 0.2) is 66.7 Å². The number of thiocarbonyl (C=S) groups is 1. The molecule has 0 radical (unpaired) electrons. The van der Waals surface area contributed by atoms with Gasteiger partial charge in [0.05, 0.1) is 31.9 Å². The fourth-order valence-corrected chi connectivity index (χ4v) is 4.77. The van der Waals surface area contributed by atoms with E-state index in [0.29, 0.717) is 23.6 Å². The fourth-order valence-electron chi connectivity index (χ4n) is 4.35. The number of benzene rings is 3. The summed E-state index contributed by atoms with van der Waals surface area (Å²) in [5.41, 5.74) is 0.156. The molecule has 1 heterocycles. The van der Waals surface area contributed by atoms with Gasteiger partial charge in [-0.3, -0.25) is 14.5 Å². The molecule has 3 aromatic carbocycles. The van der Waals surface area contributed by atoms with Crippen LogP contribution in [0.25, 0.3) is 0 Å². The zero-order chi connectivity index (χ0) is 29.0. The maximum Gasteiger partial charge on any atom is 0.416 e. The first-order valence-electron chi connectivity index (χ1n) is 12.1. The van der Waals surface area contributed by atoms with Crippen LogP contribution in [0.4, 0.5) is 28.9 Å². The molecule has 0 unspecified atom stereocenters. The Balaban J connectivity index is 1.61. The number of carbonyl (C=O) groups excluding carboxylic acids is 2. The highest BCUT2D eigenvalue weighted by atomic mass is 32.1. The summed E-state index contributed by atoms with van der Waals surface area (Å²) in [5.74, 6) is -0.627. The van der Waals surface area contributed by atoms with E-state index in [1.165, 1.54) is 55.5 Å². The molecule has 7 nitrogen and oxygen atoms in total. The second kappa shape index (κ2) is 11.9. The zero-order valence-electron chi connectivity index (χ0n) is 21.5. The second-order valence-electron chi connectivity index (χ2n) is 8.91. The van der Waals surface area contributed by atoms with Gasteiger partial charge in [0.15, 0.2) is 16.6 Å². The van der Waals surface area contributed by atoms with Crippen LogP contribution in [0.5, 0.6) is 11.5 Å². The molecule has 12 heteroatoms. The highest BCUT2D eigenvalue weighted by Crippen LogP contribution is 2.34. The van der Waals surface area contributed by atoms with E-state index in [1.54, 1.807) is 12.1 Å². The largest absolute Gasteiger partial charge is 0.493 e. The highest BCUT2D eigenvalue weighted by molar-refractivity contribution is 7.80. The average molecular weight is 576 g/mol. The number of hydrogen-bond donors (Lipinski definition) is 1. The lowest BCUT2D eigenvalue weighted by Crippen LogP contribution is -2.39.